The van der Waals surface area contributed by atoms with E-state index in [0.29, 0.717) is 12.2 Å². The molecule has 7 nitrogen and oxygen atoms in total. The number of hydrogen-bond donors (Lipinski definition) is 1. The fraction of sp³-hybridized carbons (Fsp3) is 0.471. The molecule has 142 valence electrons. The van der Waals surface area contributed by atoms with Gasteiger partial charge in [0, 0.05) is 25.5 Å². The molecule has 2 rings (SSSR count). The Morgan fingerprint density at radius 1 is 1.46 bits per heavy atom. The summed E-state index contributed by atoms with van der Waals surface area (Å²) in [6, 6.07) is 0. The fourth-order valence-electron chi connectivity index (χ4n) is 2.51. The van der Waals surface area contributed by atoms with Crippen molar-refractivity contribution in [3.63, 3.8) is 0 Å². The molecule has 0 amide bonds. The van der Waals surface area contributed by atoms with Gasteiger partial charge in [0.25, 0.3) is 5.56 Å². The first-order valence-corrected chi connectivity index (χ1v) is 8.18. The van der Waals surface area contributed by atoms with E-state index >= 15 is 0 Å². The molecule has 0 atom stereocenters. The Labute approximate surface area is 150 Å². The zero-order chi connectivity index (χ0) is 19.3. The molecule has 0 saturated heterocycles. The van der Waals surface area contributed by atoms with Gasteiger partial charge in [-0.1, -0.05) is 12.2 Å². The van der Waals surface area contributed by atoms with Crippen LogP contribution >= 0.6 is 0 Å². The summed E-state index contributed by atoms with van der Waals surface area (Å²) in [4.78, 5) is 29.4. The van der Waals surface area contributed by atoms with Crippen LogP contribution in [0.5, 0.6) is 0 Å². The van der Waals surface area contributed by atoms with Crippen molar-refractivity contribution in [3.05, 3.63) is 46.2 Å². The topological polar surface area (TPSA) is 76.5 Å². The Morgan fingerprint density at radius 3 is 2.85 bits per heavy atom. The van der Waals surface area contributed by atoms with Crippen LogP contribution < -0.4 is 10.9 Å². The summed E-state index contributed by atoms with van der Waals surface area (Å²) in [6.45, 7) is 2.73. The van der Waals surface area contributed by atoms with Crippen LogP contribution in [0.1, 0.15) is 12.6 Å². The number of hydrogen-bond acceptors (Lipinski definition) is 6. The van der Waals surface area contributed by atoms with Gasteiger partial charge >= 0.3 is 11.9 Å². The molecular weight excluding hydrogens is 346 g/mol. The molecule has 0 saturated carbocycles. The van der Waals surface area contributed by atoms with Gasteiger partial charge in [-0.15, -0.1) is 0 Å². The van der Waals surface area contributed by atoms with Crippen molar-refractivity contribution in [2.24, 2.45) is 0 Å². The number of ether oxygens (including phenoxy) is 1. The second-order valence-corrected chi connectivity index (χ2v) is 5.86. The van der Waals surface area contributed by atoms with Crippen LogP contribution in [0.4, 0.5) is 14.6 Å². The van der Waals surface area contributed by atoms with E-state index in [4.69, 9.17) is 4.74 Å². The summed E-state index contributed by atoms with van der Waals surface area (Å²) in [6.07, 6.45) is 6.02. The van der Waals surface area contributed by atoms with Gasteiger partial charge < -0.3 is 15.0 Å². The van der Waals surface area contributed by atoms with E-state index in [2.05, 4.69) is 10.3 Å². The molecule has 0 aliphatic carbocycles. The normalized spacial score (nSPS) is 14.2. The largest absolute Gasteiger partial charge is 0.465 e. The molecule has 1 aromatic heterocycles. The molecular formula is C17H22F2N4O3. The molecule has 1 N–H and O–H groups in total. The lowest BCUT2D eigenvalue weighted by Crippen LogP contribution is -2.40. The first-order chi connectivity index (χ1) is 12.3. The van der Waals surface area contributed by atoms with Crippen LogP contribution in [0.15, 0.2) is 34.9 Å². The maximum Gasteiger partial charge on any atom is 0.326 e. The highest BCUT2D eigenvalue weighted by atomic mass is 19.3. The highest BCUT2D eigenvalue weighted by Crippen LogP contribution is 2.28. The van der Waals surface area contributed by atoms with E-state index in [1.54, 1.807) is 33.0 Å². The lowest BCUT2D eigenvalue weighted by molar-refractivity contribution is -0.143. The van der Waals surface area contributed by atoms with Crippen LogP contribution in [-0.2, 0) is 16.1 Å². The van der Waals surface area contributed by atoms with Crippen molar-refractivity contribution in [2.75, 3.05) is 32.1 Å². The van der Waals surface area contributed by atoms with Crippen LogP contribution in [0.2, 0.25) is 0 Å². The first kappa shape index (κ1) is 19.6. The van der Waals surface area contributed by atoms with Crippen molar-refractivity contribution in [1.29, 1.82) is 0 Å². The lowest BCUT2D eigenvalue weighted by Gasteiger charge is -2.30. The summed E-state index contributed by atoms with van der Waals surface area (Å²) in [7, 11) is 1.57. The summed E-state index contributed by atoms with van der Waals surface area (Å²) >= 11 is 0. The van der Waals surface area contributed by atoms with E-state index in [1.807, 2.05) is 0 Å². The smallest absolute Gasteiger partial charge is 0.326 e. The number of aromatic nitrogens is 2. The highest BCUT2D eigenvalue weighted by Gasteiger charge is 2.37. The number of nitrogens with zero attached hydrogens (tertiary/aromatic N) is 3. The van der Waals surface area contributed by atoms with Crippen molar-refractivity contribution in [1.82, 2.24) is 14.5 Å². The monoisotopic (exact) mass is 368 g/mol. The number of carbonyl (C=O) groups is 1. The molecule has 2 heterocycles. The Bertz CT molecular complexity index is 787. The van der Waals surface area contributed by atoms with Gasteiger partial charge in [-0.3, -0.25) is 14.2 Å². The standard InChI is InChI=1S/C17H22F2N4O3/c1-4-26-14(24)10-23-12(2)9-20-15(16(23)25)21-11-17(18,19)13-7-5-6-8-22(13)3/h5-7,9H,4,8,10-11H2,1-3H3,(H,20,21). The van der Waals surface area contributed by atoms with Gasteiger partial charge in [-0.2, -0.15) is 8.78 Å². The number of anilines is 1. The number of nitrogens with one attached hydrogen (secondary N) is 1. The van der Waals surface area contributed by atoms with Crippen LogP contribution in [0.3, 0.4) is 0 Å². The van der Waals surface area contributed by atoms with E-state index in [-0.39, 0.29) is 24.7 Å². The average molecular weight is 368 g/mol. The Morgan fingerprint density at radius 2 is 2.19 bits per heavy atom. The van der Waals surface area contributed by atoms with Gasteiger partial charge in [-0.05, 0) is 19.9 Å². The average Bonchev–Trinajstić information content (AvgIpc) is 2.58. The number of aryl methyl sites for hydroxylation is 1. The second-order valence-electron chi connectivity index (χ2n) is 5.86. The number of allylic oxidation sites excluding steroid dienone is 2. The maximum atomic E-state index is 14.5. The third-order valence-corrected chi connectivity index (χ3v) is 3.88. The number of alkyl halides is 2. The SMILES string of the molecule is CCOC(=O)Cn1c(C)cnc(NCC(F)(F)C2=CC=CCN2C)c1=O. The lowest BCUT2D eigenvalue weighted by atomic mass is 10.1. The van der Waals surface area contributed by atoms with Crippen molar-refractivity contribution in [2.45, 2.75) is 26.3 Å². The van der Waals surface area contributed by atoms with Crippen molar-refractivity contribution in [3.8, 4) is 0 Å². The van der Waals surface area contributed by atoms with Gasteiger partial charge in [-0.25, -0.2) is 4.98 Å². The molecule has 0 unspecified atom stereocenters. The minimum absolute atomic E-state index is 0.147. The molecule has 26 heavy (non-hydrogen) atoms. The third kappa shape index (κ3) is 4.47. The van der Waals surface area contributed by atoms with Crippen molar-refractivity contribution < 1.29 is 18.3 Å². The minimum Gasteiger partial charge on any atom is -0.465 e. The van der Waals surface area contributed by atoms with Gasteiger partial charge in [0.05, 0.1) is 18.8 Å². The highest BCUT2D eigenvalue weighted by molar-refractivity contribution is 5.69. The minimum atomic E-state index is -3.19. The summed E-state index contributed by atoms with van der Waals surface area (Å²) in [5, 5.41) is 2.41. The van der Waals surface area contributed by atoms with Gasteiger partial charge in [0.15, 0.2) is 5.82 Å². The summed E-state index contributed by atoms with van der Waals surface area (Å²) < 4.78 is 34.9. The molecule has 0 aromatic carbocycles. The molecule has 1 aliphatic heterocycles. The fourth-order valence-corrected chi connectivity index (χ4v) is 2.51. The molecule has 0 radical (unpaired) electrons. The first-order valence-electron chi connectivity index (χ1n) is 8.18. The molecule has 1 aliphatic rings. The van der Waals surface area contributed by atoms with E-state index in [9.17, 15) is 18.4 Å². The van der Waals surface area contributed by atoms with E-state index < -0.39 is 24.0 Å². The predicted molar refractivity (Wildman–Crippen MR) is 93.2 cm³/mol. The Balaban J connectivity index is 2.17. The van der Waals surface area contributed by atoms with Crippen molar-refractivity contribution >= 4 is 11.8 Å². The maximum absolute atomic E-state index is 14.5. The number of carbonyl (C=O) groups excluding carboxylic acids is 1. The number of halogens is 2. The third-order valence-electron chi connectivity index (χ3n) is 3.88. The molecule has 1 aromatic rings. The van der Waals surface area contributed by atoms with E-state index in [0.717, 1.165) is 4.57 Å². The molecule has 9 heteroatoms. The zero-order valence-corrected chi connectivity index (χ0v) is 15.0. The summed E-state index contributed by atoms with van der Waals surface area (Å²) in [5.41, 5.74) is -0.369. The molecule has 0 spiro atoms. The predicted octanol–water partition coefficient (Wildman–Crippen LogP) is 1.55. The number of rotatable bonds is 7. The second kappa shape index (κ2) is 8.11. The zero-order valence-electron chi connectivity index (χ0n) is 15.0. The summed E-state index contributed by atoms with van der Waals surface area (Å²) in [5.74, 6) is -4.01. The Hall–Kier alpha value is -2.71. The Kier molecular flexibility index (Phi) is 6.12. The molecule has 0 bridgehead atoms. The van der Waals surface area contributed by atoms with E-state index in [1.165, 1.54) is 17.2 Å². The van der Waals surface area contributed by atoms with Crippen LogP contribution in [-0.4, -0.2) is 53.1 Å². The number of esters is 1. The molecule has 0 fully saturated rings. The number of likely N-dealkylation sites (N-methyl/N-ethyl adjacent to an activating group) is 1. The quantitative estimate of drug-likeness (QED) is 0.736. The van der Waals surface area contributed by atoms with Crippen LogP contribution in [0.25, 0.3) is 0 Å². The van der Waals surface area contributed by atoms with Gasteiger partial charge in [0.1, 0.15) is 6.54 Å². The van der Waals surface area contributed by atoms with Crippen LogP contribution in [0, 0.1) is 6.92 Å². The van der Waals surface area contributed by atoms with Gasteiger partial charge in [0.2, 0.25) is 0 Å².